The zero-order valence-corrected chi connectivity index (χ0v) is 13.7. The minimum Gasteiger partial charge on any atom is -0.399 e. The topological polar surface area (TPSA) is 55.1 Å². The van der Waals surface area contributed by atoms with Crippen LogP contribution in [-0.4, -0.2) is 12.5 Å². The molecule has 0 spiro atoms. The Hall–Kier alpha value is -2.00. The summed E-state index contributed by atoms with van der Waals surface area (Å²) >= 11 is 0. The number of nitrogens with one attached hydrogen (secondary N) is 1. The van der Waals surface area contributed by atoms with Gasteiger partial charge in [0.1, 0.15) is 0 Å². The van der Waals surface area contributed by atoms with Crippen molar-refractivity contribution in [3.05, 3.63) is 65.2 Å². The third kappa shape index (κ3) is 5.78. The van der Waals surface area contributed by atoms with E-state index in [1.807, 2.05) is 36.4 Å². The Morgan fingerprint density at radius 1 is 1.05 bits per heavy atom. The summed E-state index contributed by atoms with van der Waals surface area (Å²) in [6.45, 7) is 2.74. The predicted molar refractivity (Wildman–Crippen MR) is 94.3 cm³/mol. The van der Waals surface area contributed by atoms with Crippen molar-refractivity contribution >= 4 is 24.0 Å². The number of nitrogens with two attached hydrogens (primary N) is 1. The second-order valence-corrected chi connectivity index (χ2v) is 5.27. The molecule has 0 heterocycles. The Labute approximate surface area is 138 Å². The smallest absolute Gasteiger partial charge is 0.220 e. The van der Waals surface area contributed by atoms with Crippen LogP contribution in [0, 0.1) is 6.92 Å². The second kappa shape index (κ2) is 9.11. The number of amides is 1. The molecule has 0 radical (unpaired) electrons. The van der Waals surface area contributed by atoms with Crippen molar-refractivity contribution in [3.63, 3.8) is 0 Å². The van der Waals surface area contributed by atoms with Gasteiger partial charge in [-0.25, -0.2) is 0 Å². The average molecular weight is 319 g/mol. The quantitative estimate of drug-likeness (QED) is 0.803. The van der Waals surface area contributed by atoms with Crippen molar-refractivity contribution in [2.75, 3.05) is 12.3 Å². The minimum atomic E-state index is 0. The van der Waals surface area contributed by atoms with Crippen LogP contribution in [0.5, 0.6) is 0 Å². The van der Waals surface area contributed by atoms with Gasteiger partial charge < -0.3 is 11.1 Å². The summed E-state index contributed by atoms with van der Waals surface area (Å²) in [6, 6.07) is 16.0. The monoisotopic (exact) mass is 318 g/mol. The molecule has 2 aromatic rings. The van der Waals surface area contributed by atoms with Gasteiger partial charge >= 0.3 is 0 Å². The lowest BCUT2D eigenvalue weighted by Gasteiger charge is -2.07. The fourth-order valence-corrected chi connectivity index (χ4v) is 2.26. The maximum Gasteiger partial charge on any atom is 0.220 e. The lowest BCUT2D eigenvalue weighted by atomic mass is 10.0. The van der Waals surface area contributed by atoms with Gasteiger partial charge in [-0.2, -0.15) is 0 Å². The van der Waals surface area contributed by atoms with Gasteiger partial charge in [-0.15, -0.1) is 12.4 Å². The van der Waals surface area contributed by atoms with Crippen molar-refractivity contribution in [3.8, 4) is 0 Å². The molecular weight excluding hydrogens is 296 g/mol. The largest absolute Gasteiger partial charge is 0.399 e. The molecule has 0 bridgehead atoms. The number of anilines is 1. The van der Waals surface area contributed by atoms with Gasteiger partial charge in [0, 0.05) is 18.7 Å². The average Bonchev–Trinajstić information content (AvgIpc) is 2.48. The molecule has 2 aromatic carbocycles. The van der Waals surface area contributed by atoms with E-state index in [-0.39, 0.29) is 18.3 Å². The van der Waals surface area contributed by atoms with Gasteiger partial charge in [-0.05, 0) is 48.6 Å². The Balaban J connectivity index is 0.00000242. The van der Waals surface area contributed by atoms with Crippen molar-refractivity contribution < 1.29 is 4.79 Å². The number of aryl methyl sites for hydroxylation is 2. The maximum atomic E-state index is 11.8. The van der Waals surface area contributed by atoms with Crippen molar-refractivity contribution in [1.82, 2.24) is 5.32 Å². The summed E-state index contributed by atoms with van der Waals surface area (Å²) in [5.41, 5.74) is 10.1. The van der Waals surface area contributed by atoms with Crippen LogP contribution in [0.3, 0.4) is 0 Å². The number of carbonyl (C=O) groups excluding carboxylic acids is 1. The molecule has 22 heavy (non-hydrogen) atoms. The van der Waals surface area contributed by atoms with E-state index in [0.29, 0.717) is 13.0 Å². The molecular formula is C18H23ClN2O. The molecule has 3 nitrogen and oxygen atoms in total. The summed E-state index contributed by atoms with van der Waals surface area (Å²) in [7, 11) is 0. The molecule has 0 aliphatic carbocycles. The molecule has 0 saturated heterocycles. The summed E-state index contributed by atoms with van der Waals surface area (Å²) < 4.78 is 0. The molecule has 1 amide bonds. The first-order valence-corrected chi connectivity index (χ1v) is 7.31. The van der Waals surface area contributed by atoms with Gasteiger partial charge in [-0.3, -0.25) is 4.79 Å². The summed E-state index contributed by atoms with van der Waals surface area (Å²) in [5, 5.41) is 2.97. The van der Waals surface area contributed by atoms with Crippen LogP contribution in [0.4, 0.5) is 5.69 Å². The van der Waals surface area contributed by atoms with E-state index in [0.717, 1.165) is 18.5 Å². The Morgan fingerprint density at radius 3 is 2.41 bits per heavy atom. The van der Waals surface area contributed by atoms with Gasteiger partial charge in [0.05, 0.1) is 0 Å². The molecule has 2 rings (SSSR count). The van der Waals surface area contributed by atoms with E-state index in [1.54, 1.807) is 0 Å². The van der Waals surface area contributed by atoms with Crippen LogP contribution in [0.25, 0.3) is 0 Å². The highest BCUT2D eigenvalue weighted by Gasteiger charge is 2.03. The highest BCUT2D eigenvalue weighted by atomic mass is 35.5. The number of benzene rings is 2. The molecule has 0 fully saturated rings. The van der Waals surface area contributed by atoms with E-state index in [1.165, 1.54) is 16.7 Å². The first-order chi connectivity index (χ1) is 10.1. The zero-order valence-electron chi connectivity index (χ0n) is 12.8. The van der Waals surface area contributed by atoms with Gasteiger partial charge in [0.2, 0.25) is 5.91 Å². The number of hydrogen-bond acceptors (Lipinski definition) is 2. The Morgan fingerprint density at radius 2 is 1.73 bits per heavy atom. The van der Waals surface area contributed by atoms with Crippen LogP contribution in [0.15, 0.2) is 48.5 Å². The number of carbonyl (C=O) groups is 1. The number of rotatable bonds is 6. The molecule has 0 aliphatic heterocycles. The first-order valence-electron chi connectivity index (χ1n) is 7.31. The highest BCUT2D eigenvalue weighted by molar-refractivity contribution is 5.85. The minimum absolute atomic E-state index is 0. The molecule has 0 unspecified atom stereocenters. The van der Waals surface area contributed by atoms with Gasteiger partial charge in [0.15, 0.2) is 0 Å². The third-order valence-corrected chi connectivity index (χ3v) is 3.60. The molecule has 0 saturated carbocycles. The zero-order chi connectivity index (χ0) is 15.1. The fraction of sp³-hybridized carbons (Fsp3) is 0.278. The predicted octanol–water partition coefficient (Wildman–Crippen LogP) is 3.29. The van der Waals surface area contributed by atoms with E-state index in [9.17, 15) is 4.79 Å². The van der Waals surface area contributed by atoms with Crippen LogP contribution < -0.4 is 11.1 Å². The van der Waals surface area contributed by atoms with E-state index in [4.69, 9.17) is 5.73 Å². The lowest BCUT2D eigenvalue weighted by Crippen LogP contribution is -2.25. The highest BCUT2D eigenvalue weighted by Crippen LogP contribution is 2.09. The molecule has 0 atom stereocenters. The van der Waals surface area contributed by atoms with Crippen LogP contribution in [0.1, 0.15) is 23.1 Å². The van der Waals surface area contributed by atoms with Crippen LogP contribution >= 0.6 is 12.4 Å². The molecule has 118 valence electrons. The summed E-state index contributed by atoms with van der Waals surface area (Å²) in [4.78, 5) is 11.8. The number of halogens is 1. The van der Waals surface area contributed by atoms with E-state index < -0.39 is 0 Å². The van der Waals surface area contributed by atoms with Crippen LogP contribution in [0.2, 0.25) is 0 Å². The fourth-order valence-electron chi connectivity index (χ4n) is 2.26. The summed E-state index contributed by atoms with van der Waals surface area (Å²) in [5.74, 6) is 0.105. The lowest BCUT2D eigenvalue weighted by molar-refractivity contribution is -0.121. The molecule has 3 N–H and O–H groups in total. The Kier molecular flexibility index (Phi) is 7.47. The van der Waals surface area contributed by atoms with E-state index in [2.05, 4.69) is 24.4 Å². The number of hydrogen-bond donors (Lipinski definition) is 2. The van der Waals surface area contributed by atoms with Gasteiger partial charge in [-0.1, -0.05) is 36.4 Å². The second-order valence-electron chi connectivity index (χ2n) is 5.27. The van der Waals surface area contributed by atoms with Crippen molar-refractivity contribution in [2.45, 2.75) is 26.2 Å². The standard InChI is InChI=1S/C18H22N2O.ClH/c1-14-4-2-3-5-16(14)8-11-18(21)20-13-12-15-6-9-17(19)10-7-15;/h2-7,9-10H,8,11-13,19H2,1H3,(H,20,21);1H. The summed E-state index contributed by atoms with van der Waals surface area (Å²) in [6.07, 6.45) is 2.16. The third-order valence-electron chi connectivity index (χ3n) is 3.60. The van der Waals surface area contributed by atoms with E-state index >= 15 is 0 Å². The first kappa shape index (κ1) is 18.1. The maximum absolute atomic E-state index is 11.8. The van der Waals surface area contributed by atoms with Crippen molar-refractivity contribution in [2.24, 2.45) is 0 Å². The number of nitrogen functional groups attached to an aromatic ring is 1. The van der Waals surface area contributed by atoms with Gasteiger partial charge in [0.25, 0.3) is 0 Å². The van der Waals surface area contributed by atoms with Crippen LogP contribution in [-0.2, 0) is 17.6 Å². The molecule has 0 aliphatic rings. The molecule has 4 heteroatoms. The normalized spacial score (nSPS) is 9.86. The SMILES string of the molecule is Cc1ccccc1CCC(=O)NCCc1ccc(N)cc1.Cl. The Bertz CT molecular complexity index is 596. The molecule has 0 aromatic heterocycles. The van der Waals surface area contributed by atoms with Crippen molar-refractivity contribution in [1.29, 1.82) is 0 Å².